The summed E-state index contributed by atoms with van der Waals surface area (Å²) in [6, 6.07) is 7.65. The average Bonchev–Trinajstić information content (AvgIpc) is 2.69. The van der Waals surface area contributed by atoms with Gasteiger partial charge in [-0.2, -0.15) is 0 Å². The molecule has 0 saturated carbocycles. The van der Waals surface area contributed by atoms with Crippen molar-refractivity contribution in [2.75, 3.05) is 26.9 Å². The van der Waals surface area contributed by atoms with Crippen molar-refractivity contribution in [3.8, 4) is 5.75 Å². The largest absolute Gasteiger partial charge is 0.497 e. The van der Waals surface area contributed by atoms with Crippen LogP contribution in [-0.2, 0) is 19.0 Å². The number of ketones is 1. The van der Waals surface area contributed by atoms with Crippen molar-refractivity contribution in [3.63, 3.8) is 0 Å². The number of methoxy groups -OCH3 is 1. The Bertz CT molecular complexity index is 569. The molecule has 0 bridgehead atoms. The predicted molar refractivity (Wildman–Crippen MR) is 101 cm³/mol. The molecule has 1 heterocycles. The van der Waals surface area contributed by atoms with Gasteiger partial charge in [-0.15, -0.1) is 0 Å². The highest BCUT2D eigenvalue weighted by atomic mass is 16.9. The van der Waals surface area contributed by atoms with Crippen LogP contribution in [0.4, 0.5) is 0 Å². The number of hydrogen-bond donors (Lipinski definition) is 0. The van der Waals surface area contributed by atoms with E-state index >= 15 is 0 Å². The molecule has 5 heteroatoms. The maximum Gasteiger partial charge on any atom is 0.305 e. The zero-order chi connectivity index (χ0) is 18.8. The van der Waals surface area contributed by atoms with Crippen LogP contribution in [0.15, 0.2) is 30.3 Å². The molecule has 0 N–H and O–H groups in total. The molecule has 1 saturated heterocycles. The summed E-state index contributed by atoms with van der Waals surface area (Å²) in [5.41, 5.74) is 0.968. The van der Waals surface area contributed by atoms with Gasteiger partial charge in [-0.3, -0.25) is 4.79 Å². The minimum Gasteiger partial charge on any atom is -0.497 e. The van der Waals surface area contributed by atoms with Crippen LogP contribution in [0.5, 0.6) is 5.75 Å². The first kappa shape index (κ1) is 20.6. The minimum absolute atomic E-state index is 0.00129. The molecule has 0 aromatic heterocycles. The topological polar surface area (TPSA) is 54.0 Å². The summed E-state index contributed by atoms with van der Waals surface area (Å²) in [6.07, 6.45) is 8.12. The van der Waals surface area contributed by atoms with E-state index in [4.69, 9.17) is 18.9 Å². The lowest BCUT2D eigenvalue weighted by atomic mass is 10.0. The lowest BCUT2D eigenvalue weighted by Crippen LogP contribution is -2.46. The van der Waals surface area contributed by atoms with E-state index in [1.54, 1.807) is 13.2 Å². The number of hydrogen-bond acceptors (Lipinski definition) is 5. The van der Waals surface area contributed by atoms with Gasteiger partial charge in [0, 0.05) is 6.08 Å². The minimum atomic E-state index is -1.30. The van der Waals surface area contributed by atoms with Crippen molar-refractivity contribution in [3.05, 3.63) is 35.9 Å². The Kier molecular flexibility index (Phi) is 8.29. The van der Waals surface area contributed by atoms with Crippen molar-refractivity contribution in [2.24, 2.45) is 5.92 Å². The molecule has 0 amide bonds. The molecular formula is C21H30O5. The molecule has 1 atom stereocenters. The summed E-state index contributed by atoms with van der Waals surface area (Å²) in [6.45, 7) is 4.89. The van der Waals surface area contributed by atoms with E-state index in [0.717, 1.165) is 24.2 Å². The fourth-order valence-electron chi connectivity index (χ4n) is 2.72. The summed E-state index contributed by atoms with van der Waals surface area (Å²) in [5, 5.41) is 0. The molecule has 1 fully saturated rings. The smallest absolute Gasteiger partial charge is 0.305 e. The Balaban J connectivity index is 2.05. The monoisotopic (exact) mass is 362 g/mol. The number of ether oxygens (including phenoxy) is 4. The molecule has 1 aliphatic heterocycles. The normalized spacial score (nSPS) is 18.2. The van der Waals surface area contributed by atoms with Gasteiger partial charge >= 0.3 is 5.97 Å². The maximum atomic E-state index is 11.5. The maximum absolute atomic E-state index is 11.5. The quantitative estimate of drug-likeness (QED) is 0.624. The highest BCUT2D eigenvalue weighted by Crippen LogP contribution is 2.25. The summed E-state index contributed by atoms with van der Waals surface area (Å²) in [5.74, 6) is -0.135. The third-order valence-electron chi connectivity index (χ3n) is 4.53. The van der Waals surface area contributed by atoms with Crippen molar-refractivity contribution in [1.82, 2.24) is 0 Å². The van der Waals surface area contributed by atoms with Gasteiger partial charge in [0.15, 0.2) is 5.78 Å². The number of rotatable bonds is 10. The molecular weight excluding hydrogens is 332 g/mol. The Morgan fingerprint density at radius 2 is 1.88 bits per heavy atom. The highest BCUT2D eigenvalue weighted by Gasteiger charge is 2.36. The summed E-state index contributed by atoms with van der Waals surface area (Å²) in [4.78, 5) is 11.5. The van der Waals surface area contributed by atoms with Crippen LogP contribution in [-0.4, -0.2) is 38.7 Å². The van der Waals surface area contributed by atoms with E-state index in [2.05, 4.69) is 13.8 Å². The summed E-state index contributed by atoms with van der Waals surface area (Å²) in [7, 11) is 1.64. The first-order valence-electron chi connectivity index (χ1n) is 9.37. The fraction of sp³-hybridized carbons (Fsp3) is 0.571. The first-order valence-corrected chi connectivity index (χ1v) is 9.37. The highest BCUT2D eigenvalue weighted by molar-refractivity contribution is 5.81. The third kappa shape index (κ3) is 6.24. The fourth-order valence-corrected chi connectivity index (χ4v) is 2.72. The summed E-state index contributed by atoms with van der Waals surface area (Å²) < 4.78 is 22.5. The van der Waals surface area contributed by atoms with Crippen LogP contribution in [0.3, 0.4) is 0 Å². The van der Waals surface area contributed by atoms with Gasteiger partial charge in [-0.05, 0) is 30.0 Å². The molecule has 26 heavy (non-hydrogen) atoms. The van der Waals surface area contributed by atoms with Gasteiger partial charge in [0.05, 0.1) is 13.7 Å². The van der Waals surface area contributed by atoms with Crippen molar-refractivity contribution >= 4 is 11.9 Å². The van der Waals surface area contributed by atoms with E-state index in [0.29, 0.717) is 12.5 Å². The second-order valence-electron chi connectivity index (χ2n) is 6.55. The molecule has 1 aromatic rings. The molecule has 1 aromatic carbocycles. The van der Waals surface area contributed by atoms with Gasteiger partial charge in [0.1, 0.15) is 19.0 Å². The lowest BCUT2D eigenvalue weighted by molar-refractivity contribution is -0.359. The van der Waals surface area contributed by atoms with Gasteiger partial charge in [-0.1, -0.05) is 51.3 Å². The van der Waals surface area contributed by atoms with Crippen LogP contribution < -0.4 is 4.74 Å². The molecule has 0 spiro atoms. The second kappa shape index (κ2) is 10.5. The Morgan fingerprint density at radius 3 is 2.46 bits per heavy atom. The number of carbonyl (C=O) groups excluding carboxylic acids is 1. The Hall–Kier alpha value is -1.69. The second-order valence-corrected chi connectivity index (χ2v) is 6.55. The first-order chi connectivity index (χ1) is 12.6. The predicted octanol–water partition coefficient (Wildman–Crippen LogP) is 4.21. The van der Waals surface area contributed by atoms with E-state index in [1.807, 2.05) is 30.3 Å². The van der Waals surface area contributed by atoms with Gasteiger partial charge in [0.2, 0.25) is 0 Å². The molecule has 1 unspecified atom stereocenters. The molecule has 144 valence electrons. The molecule has 0 aliphatic carbocycles. The Morgan fingerprint density at radius 1 is 1.19 bits per heavy atom. The van der Waals surface area contributed by atoms with E-state index < -0.39 is 5.97 Å². The molecule has 1 aliphatic rings. The van der Waals surface area contributed by atoms with Gasteiger partial charge < -0.3 is 18.9 Å². The summed E-state index contributed by atoms with van der Waals surface area (Å²) >= 11 is 0. The van der Waals surface area contributed by atoms with Crippen LogP contribution in [0.1, 0.15) is 45.1 Å². The van der Waals surface area contributed by atoms with Crippen LogP contribution >= 0.6 is 0 Å². The zero-order valence-corrected chi connectivity index (χ0v) is 16.0. The van der Waals surface area contributed by atoms with Gasteiger partial charge in [0.25, 0.3) is 0 Å². The zero-order valence-electron chi connectivity index (χ0n) is 16.0. The van der Waals surface area contributed by atoms with Crippen LogP contribution in [0.25, 0.3) is 6.08 Å². The molecule has 5 nitrogen and oxygen atoms in total. The van der Waals surface area contributed by atoms with Crippen LogP contribution in [0, 0.1) is 5.92 Å². The Labute approximate surface area is 156 Å². The van der Waals surface area contributed by atoms with E-state index in [1.165, 1.54) is 12.8 Å². The SMILES string of the molecule is CCCCC(CC)COC1(C=Cc2ccc(OC)cc2)OCC(=O)CO1. The lowest BCUT2D eigenvalue weighted by Gasteiger charge is -2.34. The van der Waals surface area contributed by atoms with Crippen molar-refractivity contribution in [1.29, 1.82) is 0 Å². The number of unbranched alkanes of at least 4 members (excludes halogenated alkanes) is 1. The van der Waals surface area contributed by atoms with E-state index in [-0.39, 0.29) is 19.0 Å². The van der Waals surface area contributed by atoms with E-state index in [9.17, 15) is 4.79 Å². The third-order valence-corrected chi connectivity index (χ3v) is 4.53. The number of Topliss-reactive ketones (excluding diaryl/α,β-unsaturated/α-hetero) is 1. The van der Waals surface area contributed by atoms with Crippen LogP contribution in [0.2, 0.25) is 0 Å². The number of carbonyl (C=O) groups is 1. The number of benzene rings is 1. The average molecular weight is 362 g/mol. The molecule has 2 rings (SSSR count). The van der Waals surface area contributed by atoms with Crippen molar-refractivity contribution < 1.29 is 23.7 Å². The van der Waals surface area contributed by atoms with Crippen molar-refractivity contribution in [2.45, 2.75) is 45.5 Å². The standard InChI is InChI=1S/C21H30O5/c1-4-6-7-17(5-2)14-24-21(25-15-19(22)16-26-21)13-12-18-8-10-20(23-3)11-9-18/h8-13,17H,4-7,14-16H2,1-3H3. The molecule has 0 radical (unpaired) electrons. The van der Waals surface area contributed by atoms with Gasteiger partial charge in [-0.25, -0.2) is 0 Å².